The first-order valence-electron chi connectivity index (χ1n) is 4.23. The molecular weight excluding hydrogens is 170 g/mol. The number of ether oxygens (including phenoxy) is 1. The number of hydrogen-bond donors (Lipinski definition) is 2. The molecule has 1 unspecified atom stereocenters. The molecule has 0 fully saturated rings. The van der Waals surface area contributed by atoms with Gasteiger partial charge in [-0.3, -0.25) is 10.2 Å². The zero-order valence-electron chi connectivity index (χ0n) is 7.54. The first-order valence-corrected chi connectivity index (χ1v) is 4.23. The summed E-state index contributed by atoms with van der Waals surface area (Å²) < 4.78 is 4.80. The van der Waals surface area contributed by atoms with Gasteiger partial charge in [-0.05, 0) is 13.3 Å². The fraction of sp³-hybridized carbons (Fsp3) is 0.625. The van der Waals surface area contributed by atoms with Crippen molar-refractivity contribution in [2.75, 3.05) is 6.61 Å². The van der Waals surface area contributed by atoms with Crippen molar-refractivity contribution < 1.29 is 9.53 Å². The van der Waals surface area contributed by atoms with E-state index >= 15 is 0 Å². The number of amidine groups is 2. The molecule has 0 bridgehead atoms. The van der Waals surface area contributed by atoms with Gasteiger partial charge in [0.05, 0.1) is 6.61 Å². The Bertz CT molecular complexity index is 260. The SMILES string of the molecule is CCOC(=O)C1CCC(N)=NC1=N. The summed E-state index contributed by atoms with van der Waals surface area (Å²) in [6.45, 7) is 2.07. The molecule has 72 valence electrons. The molecule has 0 radical (unpaired) electrons. The molecule has 1 heterocycles. The van der Waals surface area contributed by atoms with E-state index in [1.165, 1.54) is 0 Å². The van der Waals surface area contributed by atoms with Gasteiger partial charge < -0.3 is 10.5 Å². The van der Waals surface area contributed by atoms with Crippen molar-refractivity contribution in [3.8, 4) is 0 Å². The summed E-state index contributed by atoms with van der Waals surface area (Å²) in [6.07, 6.45) is 1.10. The lowest BCUT2D eigenvalue weighted by Crippen LogP contribution is -2.31. The number of hydrogen-bond acceptors (Lipinski definition) is 4. The van der Waals surface area contributed by atoms with E-state index in [4.69, 9.17) is 15.9 Å². The Balaban J connectivity index is 2.63. The largest absolute Gasteiger partial charge is 0.465 e. The molecule has 5 nitrogen and oxygen atoms in total. The fourth-order valence-corrected chi connectivity index (χ4v) is 1.19. The van der Waals surface area contributed by atoms with Crippen molar-refractivity contribution in [2.45, 2.75) is 19.8 Å². The van der Waals surface area contributed by atoms with E-state index in [0.717, 1.165) is 0 Å². The van der Waals surface area contributed by atoms with Crippen LogP contribution in [0.15, 0.2) is 4.99 Å². The summed E-state index contributed by atoms with van der Waals surface area (Å²) in [5, 5.41) is 7.42. The maximum Gasteiger partial charge on any atom is 0.316 e. The number of aliphatic imine (C=N–C) groups is 1. The second-order valence-corrected chi connectivity index (χ2v) is 2.83. The summed E-state index contributed by atoms with van der Waals surface area (Å²) in [5.41, 5.74) is 5.42. The highest BCUT2D eigenvalue weighted by molar-refractivity contribution is 6.07. The van der Waals surface area contributed by atoms with Crippen LogP contribution < -0.4 is 5.73 Å². The lowest BCUT2D eigenvalue weighted by Gasteiger charge is -2.18. The van der Waals surface area contributed by atoms with E-state index in [0.29, 0.717) is 25.3 Å². The van der Waals surface area contributed by atoms with Crippen molar-refractivity contribution in [1.82, 2.24) is 0 Å². The Kier molecular flexibility index (Phi) is 3.00. The smallest absolute Gasteiger partial charge is 0.316 e. The number of carbonyl (C=O) groups is 1. The van der Waals surface area contributed by atoms with E-state index in [1.807, 2.05) is 0 Å². The molecule has 1 aliphatic rings. The van der Waals surface area contributed by atoms with Crippen molar-refractivity contribution in [2.24, 2.45) is 16.6 Å². The van der Waals surface area contributed by atoms with Crippen molar-refractivity contribution in [1.29, 1.82) is 5.41 Å². The molecule has 0 spiro atoms. The molecule has 0 amide bonds. The van der Waals surface area contributed by atoms with Crippen LogP contribution in [0.3, 0.4) is 0 Å². The van der Waals surface area contributed by atoms with E-state index in [2.05, 4.69) is 4.99 Å². The summed E-state index contributed by atoms with van der Waals surface area (Å²) in [4.78, 5) is 15.0. The quantitative estimate of drug-likeness (QED) is 0.603. The maximum atomic E-state index is 11.2. The standard InChI is InChI=1S/C8H13N3O2/c1-2-13-8(12)5-3-4-6(9)11-7(5)10/h5H,2-4H2,1H3,(H3,9,10,11). The number of rotatable bonds is 2. The zero-order valence-corrected chi connectivity index (χ0v) is 7.54. The van der Waals surface area contributed by atoms with Crippen LogP contribution >= 0.6 is 0 Å². The van der Waals surface area contributed by atoms with Crippen molar-refractivity contribution in [3.63, 3.8) is 0 Å². The monoisotopic (exact) mass is 183 g/mol. The minimum atomic E-state index is -0.521. The van der Waals surface area contributed by atoms with Crippen molar-refractivity contribution >= 4 is 17.6 Å². The van der Waals surface area contributed by atoms with E-state index in [1.54, 1.807) is 6.92 Å². The van der Waals surface area contributed by atoms with Crippen LogP contribution in [-0.4, -0.2) is 24.2 Å². The van der Waals surface area contributed by atoms with Crippen molar-refractivity contribution in [3.05, 3.63) is 0 Å². The van der Waals surface area contributed by atoms with Gasteiger partial charge in [0.15, 0.2) is 0 Å². The average Bonchev–Trinajstić information content (AvgIpc) is 2.04. The summed E-state index contributed by atoms with van der Waals surface area (Å²) in [5.74, 6) is -0.455. The van der Waals surface area contributed by atoms with Gasteiger partial charge in [-0.2, -0.15) is 0 Å². The third-order valence-electron chi connectivity index (χ3n) is 1.85. The lowest BCUT2D eigenvalue weighted by atomic mass is 9.99. The molecule has 0 saturated heterocycles. The van der Waals surface area contributed by atoms with Crippen LogP contribution in [0.1, 0.15) is 19.8 Å². The van der Waals surface area contributed by atoms with Gasteiger partial charge in [0.25, 0.3) is 0 Å². The first-order chi connectivity index (χ1) is 6.15. The molecule has 0 saturated carbocycles. The topological polar surface area (TPSA) is 88.5 Å². The number of nitrogens with two attached hydrogens (primary N) is 1. The second-order valence-electron chi connectivity index (χ2n) is 2.83. The lowest BCUT2D eigenvalue weighted by molar-refractivity contribution is -0.145. The van der Waals surface area contributed by atoms with E-state index in [9.17, 15) is 4.79 Å². The van der Waals surface area contributed by atoms with Gasteiger partial charge in [-0.1, -0.05) is 0 Å². The summed E-state index contributed by atoms with van der Waals surface area (Å²) in [6, 6.07) is 0. The van der Waals surface area contributed by atoms with Crippen LogP contribution in [0, 0.1) is 11.3 Å². The Morgan fingerprint density at radius 3 is 3.08 bits per heavy atom. The molecule has 1 aliphatic heterocycles. The molecule has 1 rings (SSSR count). The average molecular weight is 183 g/mol. The van der Waals surface area contributed by atoms with Gasteiger partial charge in [0.1, 0.15) is 17.6 Å². The molecule has 0 aromatic rings. The zero-order chi connectivity index (χ0) is 9.84. The number of nitrogens with one attached hydrogen (secondary N) is 1. The fourth-order valence-electron chi connectivity index (χ4n) is 1.19. The van der Waals surface area contributed by atoms with Gasteiger partial charge in [-0.15, -0.1) is 0 Å². The van der Waals surface area contributed by atoms with Gasteiger partial charge in [-0.25, -0.2) is 4.99 Å². The third kappa shape index (κ3) is 2.27. The maximum absolute atomic E-state index is 11.2. The predicted octanol–water partition coefficient (Wildman–Crippen LogP) is 0.294. The molecule has 1 atom stereocenters. The summed E-state index contributed by atoms with van der Waals surface area (Å²) >= 11 is 0. The molecule has 13 heavy (non-hydrogen) atoms. The second kappa shape index (κ2) is 4.02. The number of esters is 1. The molecule has 0 aliphatic carbocycles. The first kappa shape index (κ1) is 9.70. The minimum absolute atomic E-state index is 0.0159. The Morgan fingerprint density at radius 1 is 1.85 bits per heavy atom. The molecule has 3 N–H and O–H groups in total. The molecule has 0 aromatic carbocycles. The van der Waals surface area contributed by atoms with Crippen LogP contribution in [-0.2, 0) is 9.53 Å². The Morgan fingerprint density at radius 2 is 2.54 bits per heavy atom. The number of carbonyl (C=O) groups excluding carboxylic acids is 1. The predicted molar refractivity (Wildman–Crippen MR) is 48.7 cm³/mol. The number of nitrogens with zero attached hydrogens (tertiary/aromatic N) is 1. The molecule has 0 aromatic heterocycles. The van der Waals surface area contributed by atoms with Crippen LogP contribution in [0.2, 0.25) is 0 Å². The van der Waals surface area contributed by atoms with E-state index < -0.39 is 5.92 Å². The van der Waals surface area contributed by atoms with Gasteiger partial charge >= 0.3 is 5.97 Å². The van der Waals surface area contributed by atoms with Gasteiger partial charge in [0, 0.05) is 6.42 Å². The van der Waals surface area contributed by atoms with Gasteiger partial charge in [0.2, 0.25) is 0 Å². The summed E-state index contributed by atoms with van der Waals surface area (Å²) in [7, 11) is 0. The van der Waals surface area contributed by atoms with Crippen LogP contribution in [0.25, 0.3) is 0 Å². The highest BCUT2D eigenvalue weighted by Crippen LogP contribution is 2.15. The normalized spacial score (nSPS) is 22.4. The Hall–Kier alpha value is -1.39. The van der Waals surface area contributed by atoms with E-state index in [-0.39, 0.29) is 11.8 Å². The van der Waals surface area contributed by atoms with Crippen LogP contribution in [0.5, 0.6) is 0 Å². The highest BCUT2D eigenvalue weighted by Gasteiger charge is 2.27. The minimum Gasteiger partial charge on any atom is -0.465 e. The van der Waals surface area contributed by atoms with Crippen LogP contribution in [0.4, 0.5) is 0 Å². The molecule has 5 heteroatoms. The third-order valence-corrected chi connectivity index (χ3v) is 1.85. The highest BCUT2D eigenvalue weighted by atomic mass is 16.5. The molecular formula is C8H13N3O2. The Labute approximate surface area is 76.5 Å².